The van der Waals surface area contributed by atoms with Crippen LogP contribution in [0.5, 0.6) is 5.75 Å². The number of nitrogens with zero attached hydrogens (tertiary/aromatic N) is 1. The van der Waals surface area contributed by atoms with Gasteiger partial charge in [-0.1, -0.05) is 11.2 Å². The van der Waals surface area contributed by atoms with Gasteiger partial charge in [-0.05, 0) is 67.8 Å². The average molecular weight is 362 g/mol. The zero-order valence-corrected chi connectivity index (χ0v) is 15.7. The van der Waals surface area contributed by atoms with Crippen LogP contribution >= 0.6 is 0 Å². The first-order valence-corrected chi connectivity index (χ1v) is 9.10. The Morgan fingerprint density at radius 3 is 2.70 bits per heavy atom. The highest BCUT2D eigenvalue weighted by Gasteiger charge is 2.20. The number of rotatable bonds is 4. The highest BCUT2D eigenvalue weighted by Crippen LogP contribution is 2.33. The zero-order chi connectivity index (χ0) is 19.0. The summed E-state index contributed by atoms with van der Waals surface area (Å²) in [6.45, 7) is 6.07. The molecule has 0 saturated heterocycles. The van der Waals surface area contributed by atoms with Crippen molar-refractivity contribution in [3.8, 4) is 17.1 Å². The molecule has 27 heavy (non-hydrogen) atoms. The molecular formula is C22H22N2O3. The summed E-state index contributed by atoms with van der Waals surface area (Å²) in [4.78, 5) is 12.3. The number of ether oxygens (including phenoxy) is 1. The molecule has 1 amide bonds. The van der Waals surface area contributed by atoms with Crippen LogP contribution in [0, 0.1) is 13.8 Å². The lowest BCUT2D eigenvalue weighted by Gasteiger charge is -2.06. The number of hydrogen-bond donors (Lipinski definition) is 1. The van der Waals surface area contributed by atoms with Crippen LogP contribution in [0.4, 0.5) is 5.69 Å². The third-order valence-corrected chi connectivity index (χ3v) is 4.59. The fourth-order valence-corrected chi connectivity index (χ4v) is 3.52. The van der Waals surface area contributed by atoms with Gasteiger partial charge in [-0.2, -0.15) is 0 Å². The minimum Gasteiger partial charge on any atom is -0.490 e. The summed E-state index contributed by atoms with van der Waals surface area (Å²) in [5, 5.41) is 6.97. The van der Waals surface area contributed by atoms with E-state index < -0.39 is 0 Å². The summed E-state index contributed by atoms with van der Waals surface area (Å²) >= 11 is 0. The minimum absolute atomic E-state index is 0.115. The van der Waals surface area contributed by atoms with Gasteiger partial charge in [0.2, 0.25) is 5.91 Å². The molecule has 1 atom stereocenters. The van der Waals surface area contributed by atoms with Gasteiger partial charge in [0, 0.05) is 23.7 Å². The van der Waals surface area contributed by atoms with E-state index >= 15 is 0 Å². The third kappa shape index (κ3) is 3.87. The Morgan fingerprint density at radius 2 is 1.93 bits per heavy atom. The maximum absolute atomic E-state index is 12.3. The topological polar surface area (TPSA) is 64.4 Å². The lowest BCUT2D eigenvalue weighted by Crippen LogP contribution is -2.14. The first-order chi connectivity index (χ1) is 13.0. The Morgan fingerprint density at radius 1 is 1.15 bits per heavy atom. The summed E-state index contributed by atoms with van der Waals surface area (Å²) in [6, 6.07) is 13.8. The Kier molecular flexibility index (Phi) is 4.44. The summed E-state index contributed by atoms with van der Waals surface area (Å²) in [7, 11) is 0. The molecule has 5 nitrogen and oxygen atoms in total. The van der Waals surface area contributed by atoms with Crippen LogP contribution < -0.4 is 10.1 Å². The Bertz CT molecular complexity index is 986. The lowest BCUT2D eigenvalue weighted by atomic mass is 10.1. The van der Waals surface area contributed by atoms with Crippen LogP contribution in [0.25, 0.3) is 11.3 Å². The van der Waals surface area contributed by atoms with Gasteiger partial charge in [0.25, 0.3) is 0 Å². The van der Waals surface area contributed by atoms with Crippen molar-refractivity contribution in [2.24, 2.45) is 0 Å². The van der Waals surface area contributed by atoms with E-state index in [4.69, 9.17) is 9.26 Å². The molecular weight excluding hydrogens is 340 g/mol. The van der Waals surface area contributed by atoms with E-state index in [0.29, 0.717) is 11.5 Å². The monoisotopic (exact) mass is 362 g/mol. The van der Waals surface area contributed by atoms with Crippen LogP contribution in [0.1, 0.15) is 29.3 Å². The molecule has 1 aliphatic heterocycles. The van der Waals surface area contributed by atoms with Gasteiger partial charge in [0.15, 0.2) is 5.76 Å². The molecule has 1 N–H and O–H groups in total. The van der Waals surface area contributed by atoms with Gasteiger partial charge in [-0.25, -0.2) is 0 Å². The molecule has 5 heteroatoms. The molecule has 1 aliphatic rings. The largest absolute Gasteiger partial charge is 0.490 e. The van der Waals surface area contributed by atoms with E-state index in [9.17, 15) is 4.79 Å². The van der Waals surface area contributed by atoms with Gasteiger partial charge < -0.3 is 14.6 Å². The van der Waals surface area contributed by atoms with Crippen LogP contribution in [0.15, 0.2) is 47.0 Å². The predicted molar refractivity (Wildman–Crippen MR) is 104 cm³/mol. The molecule has 0 bridgehead atoms. The number of benzene rings is 2. The van der Waals surface area contributed by atoms with Crippen molar-refractivity contribution in [2.75, 3.05) is 5.32 Å². The van der Waals surface area contributed by atoms with Crippen molar-refractivity contribution in [3.05, 3.63) is 64.8 Å². The molecule has 2 aromatic carbocycles. The second-order valence-electron chi connectivity index (χ2n) is 7.24. The predicted octanol–water partition coefficient (Wildman–Crippen LogP) is 4.46. The van der Waals surface area contributed by atoms with E-state index in [1.54, 1.807) is 0 Å². The Balaban J connectivity index is 1.45. The maximum Gasteiger partial charge on any atom is 0.230 e. The summed E-state index contributed by atoms with van der Waals surface area (Å²) in [5.41, 5.74) is 5.75. The highest BCUT2D eigenvalue weighted by atomic mass is 16.5. The maximum atomic E-state index is 12.3. The number of nitrogens with one attached hydrogen (secondary N) is 1. The van der Waals surface area contributed by atoms with Crippen molar-refractivity contribution in [1.29, 1.82) is 0 Å². The molecule has 1 aromatic heterocycles. The normalized spacial score (nSPS) is 15.3. The zero-order valence-electron chi connectivity index (χ0n) is 15.7. The Labute approximate surface area is 158 Å². The number of aromatic nitrogens is 1. The molecule has 0 radical (unpaired) electrons. The molecule has 0 aliphatic carbocycles. The second kappa shape index (κ2) is 6.91. The summed E-state index contributed by atoms with van der Waals surface area (Å²) in [5.74, 6) is 1.47. The van der Waals surface area contributed by atoms with Crippen molar-refractivity contribution < 1.29 is 14.1 Å². The number of carbonyl (C=O) groups is 1. The number of carbonyl (C=O) groups excluding carboxylic acids is 1. The van der Waals surface area contributed by atoms with Crippen LogP contribution in [0.2, 0.25) is 0 Å². The van der Waals surface area contributed by atoms with Gasteiger partial charge in [0.05, 0.1) is 12.1 Å². The number of amides is 1. The fourth-order valence-electron chi connectivity index (χ4n) is 3.52. The number of fused-ring (bicyclic) bond motifs is 1. The van der Waals surface area contributed by atoms with E-state index in [-0.39, 0.29) is 18.4 Å². The molecule has 3 aromatic rings. The molecule has 0 fully saturated rings. The van der Waals surface area contributed by atoms with Crippen LogP contribution in [0.3, 0.4) is 0 Å². The number of hydrogen-bond acceptors (Lipinski definition) is 4. The van der Waals surface area contributed by atoms with Crippen molar-refractivity contribution in [3.63, 3.8) is 0 Å². The lowest BCUT2D eigenvalue weighted by molar-refractivity contribution is -0.115. The molecule has 0 saturated carbocycles. The fraction of sp³-hybridized carbons (Fsp3) is 0.273. The summed E-state index contributed by atoms with van der Waals surface area (Å²) < 4.78 is 11.2. The first kappa shape index (κ1) is 17.3. The van der Waals surface area contributed by atoms with Crippen molar-refractivity contribution in [2.45, 2.75) is 39.7 Å². The van der Waals surface area contributed by atoms with E-state index in [2.05, 4.69) is 29.5 Å². The van der Waals surface area contributed by atoms with Crippen LogP contribution in [-0.2, 0) is 17.6 Å². The van der Waals surface area contributed by atoms with Gasteiger partial charge >= 0.3 is 0 Å². The quantitative estimate of drug-likeness (QED) is 0.744. The molecule has 1 unspecified atom stereocenters. The van der Waals surface area contributed by atoms with Gasteiger partial charge in [-0.3, -0.25) is 4.79 Å². The molecule has 138 valence electrons. The molecule has 4 rings (SSSR count). The van der Waals surface area contributed by atoms with Crippen molar-refractivity contribution >= 4 is 11.6 Å². The smallest absolute Gasteiger partial charge is 0.230 e. The SMILES string of the molecule is Cc1cc(C)cc(NC(=O)Cc2cc(-c3ccc4c(c3)CC(C)O4)on2)c1. The van der Waals surface area contributed by atoms with Crippen LogP contribution in [-0.4, -0.2) is 17.2 Å². The Hall–Kier alpha value is -3.08. The number of aryl methyl sites for hydroxylation is 2. The van der Waals surface area contributed by atoms with E-state index in [1.807, 2.05) is 44.2 Å². The molecule has 0 spiro atoms. The third-order valence-electron chi connectivity index (χ3n) is 4.59. The second-order valence-corrected chi connectivity index (χ2v) is 7.24. The highest BCUT2D eigenvalue weighted by molar-refractivity contribution is 5.92. The summed E-state index contributed by atoms with van der Waals surface area (Å²) in [6.07, 6.45) is 1.26. The van der Waals surface area contributed by atoms with Gasteiger partial charge in [-0.15, -0.1) is 0 Å². The van der Waals surface area contributed by atoms with E-state index in [0.717, 1.165) is 34.5 Å². The minimum atomic E-state index is -0.115. The average Bonchev–Trinajstić information content (AvgIpc) is 3.18. The standard InChI is InChI=1S/C22H22N2O3/c1-13-6-14(2)8-18(7-13)23-22(25)12-19-11-21(27-24-19)16-4-5-20-17(10-16)9-15(3)26-20/h4-8,10-11,15H,9,12H2,1-3H3,(H,23,25). The van der Waals surface area contributed by atoms with E-state index in [1.165, 1.54) is 5.56 Å². The first-order valence-electron chi connectivity index (χ1n) is 9.10. The molecule has 2 heterocycles. The number of anilines is 1. The van der Waals surface area contributed by atoms with Crippen molar-refractivity contribution in [1.82, 2.24) is 5.16 Å². The van der Waals surface area contributed by atoms with Gasteiger partial charge in [0.1, 0.15) is 11.9 Å².